The van der Waals surface area contributed by atoms with Crippen molar-refractivity contribution < 1.29 is 9.53 Å². The Hall–Kier alpha value is -2.63. The molecule has 6 nitrogen and oxygen atoms in total. The summed E-state index contributed by atoms with van der Waals surface area (Å²) in [5.74, 6) is 1.07. The number of nitrogens with one attached hydrogen (secondary N) is 1. The maximum Gasteiger partial charge on any atom is 0.272 e. The average Bonchev–Trinajstić information content (AvgIpc) is 3.08. The molecule has 1 aliphatic rings. The van der Waals surface area contributed by atoms with Crippen molar-refractivity contribution in [2.75, 3.05) is 25.5 Å². The molecule has 1 N–H and O–H groups in total. The van der Waals surface area contributed by atoms with Gasteiger partial charge in [-0.25, -0.2) is 9.97 Å². The van der Waals surface area contributed by atoms with E-state index in [9.17, 15) is 4.79 Å². The molecule has 120 valence electrons. The molecule has 0 saturated carbocycles. The van der Waals surface area contributed by atoms with E-state index < -0.39 is 0 Å². The van der Waals surface area contributed by atoms with Crippen LogP contribution in [0, 0.1) is 6.92 Å². The summed E-state index contributed by atoms with van der Waals surface area (Å²) in [6.07, 6.45) is 2.12. The number of hydrogen-bond acceptors (Lipinski definition) is 5. The first-order chi connectivity index (χ1) is 11.2. The Balaban J connectivity index is 1.87. The predicted octanol–water partition coefficient (Wildman–Crippen LogP) is 2.77. The SMILES string of the molecule is COc1ccccc1Nc1nc(C)cc(C(=O)N2CCCC2)n1. The topological polar surface area (TPSA) is 67.3 Å². The summed E-state index contributed by atoms with van der Waals surface area (Å²) in [6, 6.07) is 9.26. The maximum atomic E-state index is 12.5. The zero-order chi connectivity index (χ0) is 16.2. The van der Waals surface area contributed by atoms with Gasteiger partial charge in [-0.2, -0.15) is 0 Å². The van der Waals surface area contributed by atoms with Crippen LogP contribution in [0.5, 0.6) is 5.75 Å². The van der Waals surface area contributed by atoms with Crippen molar-refractivity contribution in [3.05, 3.63) is 41.7 Å². The highest BCUT2D eigenvalue weighted by molar-refractivity contribution is 5.93. The van der Waals surface area contributed by atoms with E-state index in [1.54, 1.807) is 13.2 Å². The zero-order valence-corrected chi connectivity index (χ0v) is 13.4. The van der Waals surface area contributed by atoms with Crippen molar-refractivity contribution in [1.82, 2.24) is 14.9 Å². The van der Waals surface area contributed by atoms with Gasteiger partial charge in [-0.05, 0) is 38.0 Å². The van der Waals surface area contributed by atoms with Gasteiger partial charge in [-0.1, -0.05) is 12.1 Å². The van der Waals surface area contributed by atoms with Crippen LogP contribution in [-0.4, -0.2) is 41.0 Å². The molecule has 1 aromatic carbocycles. The van der Waals surface area contributed by atoms with Crippen LogP contribution in [0.25, 0.3) is 0 Å². The number of ether oxygens (including phenoxy) is 1. The number of hydrogen-bond donors (Lipinski definition) is 1. The van der Waals surface area contributed by atoms with Crippen LogP contribution in [-0.2, 0) is 0 Å². The minimum absolute atomic E-state index is 0.0314. The zero-order valence-electron chi connectivity index (χ0n) is 13.4. The van der Waals surface area contributed by atoms with Crippen molar-refractivity contribution in [1.29, 1.82) is 0 Å². The molecule has 0 bridgehead atoms. The number of carbonyl (C=O) groups is 1. The second-order valence-corrected chi connectivity index (χ2v) is 5.54. The molecule has 1 aliphatic heterocycles. The number of carbonyl (C=O) groups excluding carboxylic acids is 1. The lowest BCUT2D eigenvalue weighted by atomic mass is 10.3. The first-order valence-corrected chi connectivity index (χ1v) is 7.72. The smallest absolute Gasteiger partial charge is 0.272 e. The second kappa shape index (κ2) is 6.64. The molecular weight excluding hydrogens is 292 g/mol. The molecule has 3 rings (SSSR count). The summed E-state index contributed by atoms with van der Waals surface area (Å²) in [6.45, 7) is 3.46. The minimum Gasteiger partial charge on any atom is -0.495 e. The Labute approximate surface area is 135 Å². The molecular formula is C17H20N4O2. The van der Waals surface area contributed by atoms with Crippen molar-refractivity contribution in [2.24, 2.45) is 0 Å². The molecule has 1 aromatic heterocycles. The van der Waals surface area contributed by atoms with Crippen LogP contribution in [0.4, 0.5) is 11.6 Å². The summed E-state index contributed by atoms with van der Waals surface area (Å²) >= 11 is 0. The van der Waals surface area contributed by atoms with Crippen LogP contribution in [0.15, 0.2) is 30.3 Å². The fourth-order valence-corrected chi connectivity index (χ4v) is 2.68. The Morgan fingerprint density at radius 1 is 1.22 bits per heavy atom. The molecule has 1 saturated heterocycles. The van der Waals surface area contributed by atoms with Crippen molar-refractivity contribution >= 4 is 17.5 Å². The van der Waals surface area contributed by atoms with Crippen molar-refractivity contribution in [2.45, 2.75) is 19.8 Å². The third kappa shape index (κ3) is 3.41. The van der Waals surface area contributed by atoms with Gasteiger partial charge in [0.2, 0.25) is 5.95 Å². The van der Waals surface area contributed by atoms with Gasteiger partial charge < -0.3 is 15.0 Å². The number of methoxy groups -OCH3 is 1. The summed E-state index contributed by atoms with van der Waals surface area (Å²) in [5.41, 5.74) is 1.94. The molecule has 2 aromatic rings. The highest BCUT2D eigenvalue weighted by Crippen LogP contribution is 2.25. The molecule has 23 heavy (non-hydrogen) atoms. The second-order valence-electron chi connectivity index (χ2n) is 5.54. The van der Waals surface area contributed by atoms with Crippen LogP contribution in [0.3, 0.4) is 0 Å². The summed E-state index contributed by atoms with van der Waals surface area (Å²) in [7, 11) is 1.61. The molecule has 0 unspecified atom stereocenters. The minimum atomic E-state index is -0.0314. The lowest BCUT2D eigenvalue weighted by Gasteiger charge is -2.16. The van der Waals surface area contributed by atoms with Gasteiger partial charge in [0.25, 0.3) is 5.91 Å². The normalized spacial score (nSPS) is 13.9. The van der Waals surface area contributed by atoms with Gasteiger partial charge in [0.15, 0.2) is 0 Å². The van der Waals surface area contributed by atoms with Crippen LogP contribution < -0.4 is 10.1 Å². The molecule has 1 amide bonds. The van der Waals surface area contributed by atoms with E-state index >= 15 is 0 Å². The van der Waals surface area contributed by atoms with Gasteiger partial charge in [0.1, 0.15) is 11.4 Å². The fourth-order valence-electron chi connectivity index (χ4n) is 2.68. The number of benzene rings is 1. The highest BCUT2D eigenvalue weighted by Gasteiger charge is 2.21. The van der Waals surface area contributed by atoms with Crippen molar-refractivity contribution in [3.8, 4) is 5.75 Å². The van der Waals surface area contributed by atoms with E-state index in [1.807, 2.05) is 36.1 Å². The highest BCUT2D eigenvalue weighted by atomic mass is 16.5. The molecule has 0 spiro atoms. The predicted molar refractivity (Wildman–Crippen MR) is 88.2 cm³/mol. The first kappa shape index (κ1) is 15.3. The van der Waals surface area contributed by atoms with Gasteiger partial charge in [0.05, 0.1) is 12.8 Å². The number of likely N-dealkylation sites (tertiary alicyclic amines) is 1. The van der Waals surface area contributed by atoms with Crippen LogP contribution in [0.1, 0.15) is 29.0 Å². The molecule has 1 fully saturated rings. The summed E-state index contributed by atoms with van der Waals surface area (Å²) < 4.78 is 5.31. The fraction of sp³-hybridized carbons (Fsp3) is 0.353. The van der Waals surface area contributed by atoms with E-state index in [2.05, 4.69) is 15.3 Å². The Bertz CT molecular complexity index is 711. The Kier molecular flexibility index (Phi) is 4.41. The third-order valence-corrected chi connectivity index (χ3v) is 3.82. The first-order valence-electron chi connectivity index (χ1n) is 7.72. The lowest BCUT2D eigenvalue weighted by molar-refractivity contribution is 0.0787. The number of aryl methyl sites for hydroxylation is 1. The van der Waals surface area contributed by atoms with E-state index in [4.69, 9.17) is 4.74 Å². The third-order valence-electron chi connectivity index (χ3n) is 3.82. The number of anilines is 2. The number of amides is 1. The van der Waals surface area contributed by atoms with Gasteiger partial charge in [-0.3, -0.25) is 4.79 Å². The number of nitrogens with zero attached hydrogens (tertiary/aromatic N) is 3. The summed E-state index contributed by atoms with van der Waals surface area (Å²) in [4.78, 5) is 23.1. The number of para-hydroxylation sites is 2. The number of aromatic nitrogens is 2. The van der Waals surface area contributed by atoms with Crippen LogP contribution >= 0.6 is 0 Å². The van der Waals surface area contributed by atoms with Crippen molar-refractivity contribution in [3.63, 3.8) is 0 Å². The molecule has 2 heterocycles. The van der Waals surface area contributed by atoms with Gasteiger partial charge in [0, 0.05) is 18.8 Å². The standard InChI is InChI=1S/C17H20N4O2/c1-12-11-14(16(22)21-9-5-6-10-21)20-17(18-12)19-13-7-3-4-8-15(13)23-2/h3-4,7-8,11H,5-6,9-10H2,1-2H3,(H,18,19,20). The molecule has 0 radical (unpaired) electrons. The Morgan fingerprint density at radius 3 is 2.70 bits per heavy atom. The lowest BCUT2D eigenvalue weighted by Crippen LogP contribution is -2.28. The molecule has 6 heteroatoms. The number of rotatable bonds is 4. The maximum absolute atomic E-state index is 12.5. The van der Waals surface area contributed by atoms with E-state index in [-0.39, 0.29) is 5.91 Å². The van der Waals surface area contributed by atoms with Crippen LogP contribution in [0.2, 0.25) is 0 Å². The summed E-state index contributed by atoms with van der Waals surface area (Å²) in [5, 5.41) is 3.13. The largest absolute Gasteiger partial charge is 0.495 e. The van der Waals surface area contributed by atoms with Gasteiger partial charge in [-0.15, -0.1) is 0 Å². The Morgan fingerprint density at radius 2 is 1.96 bits per heavy atom. The quantitative estimate of drug-likeness (QED) is 0.940. The molecule has 0 aliphatic carbocycles. The average molecular weight is 312 g/mol. The van der Waals surface area contributed by atoms with E-state index in [0.29, 0.717) is 17.4 Å². The van der Waals surface area contributed by atoms with E-state index in [1.165, 1.54) is 0 Å². The molecule has 0 atom stereocenters. The van der Waals surface area contributed by atoms with Gasteiger partial charge >= 0.3 is 0 Å². The van der Waals surface area contributed by atoms with E-state index in [0.717, 1.165) is 37.3 Å². The monoisotopic (exact) mass is 312 g/mol.